The van der Waals surface area contributed by atoms with Crippen molar-refractivity contribution >= 4 is 0 Å². The minimum Gasteiger partial charge on any atom is -0.583 e. The monoisotopic (exact) mass is 120 g/mol. The van der Waals surface area contributed by atoms with Crippen LogP contribution >= 0.6 is 0 Å². The van der Waals surface area contributed by atoms with Crippen molar-refractivity contribution in [3.8, 4) is 0 Å². The Morgan fingerprint density at radius 2 is 1.88 bits per heavy atom. The average molecular weight is 120 g/mol. The number of quaternary nitrogens is 2. The van der Waals surface area contributed by atoms with E-state index in [0.717, 1.165) is 0 Å². The standard InChI is InChI=1S/C3H12N4O/c1-5(2)7(4)6(3)8/h4,6-7H,1-3H3. The quantitative estimate of drug-likeness (QED) is 0.388. The lowest BCUT2D eigenvalue weighted by Gasteiger charge is -2.32. The summed E-state index contributed by atoms with van der Waals surface area (Å²) in [5.41, 5.74) is 0. The summed E-state index contributed by atoms with van der Waals surface area (Å²) in [6.07, 6.45) is 0. The third-order valence-corrected chi connectivity index (χ3v) is 0.781. The molecule has 0 rings (SSSR count). The predicted molar refractivity (Wildman–Crippen MR) is 29.2 cm³/mol. The molecule has 0 spiro atoms. The summed E-state index contributed by atoms with van der Waals surface area (Å²) in [7, 11) is 4.72. The van der Waals surface area contributed by atoms with E-state index in [4.69, 9.17) is 5.84 Å². The van der Waals surface area contributed by atoms with E-state index in [9.17, 15) is 5.21 Å². The minimum atomic E-state index is -0.199. The molecule has 0 aliphatic heterocycles. The van der Waals surface area contributed by atoms with Gasteiger partial charge in [0.05, 0.1) is 0 Å². The summed E-state index contributed by atoms with van der Waals surface area (Å²) in [6.45, 7) is 0. The first-order valence-electron chi connectivity index (χ1n) is 2.32. The first-order valence-corrected chi connectivity index (χ1v) is 2.32. The zero-order valence-corrected chi connectivity index (χ0v) is 5.36. The van der Waals surface area contributed by atoms with Crippen LogP contribution in [0.15, 0.2) is 0 Å². The van der Waals surface area contributed by atoms with Crippen LogP contribution in [0.3, 0.4) is 0 Å². The van der Waals surface area contributed by atoms with Crippen LogP contribution in [0.5, 0.6) is 0 Å². The highest BCUT2D eigenvalue weighted by molar-refractivity contribution is 4.00. The Balaban J connectivity index is 3.46. The summed E-state index contributed by atoms with van der Waals surface area (Å²) in [4.78, 5) is 0. The molecule has 0 amide bonds. The first-order chi connectivity index (χ1) is 3.55. The van der Waals surface area contributed by atoms with Crippen molar-refractivity contribution < 1.29 is 10.4 Å². The molecule has 50 valence electrons. The Morgan fingerprint density at radius 3 is 1.88 bits per heavy atom. The number of rotatable bonds is 2. The molecule has 0 aromatic heterocycles. The fourth-order valence-electron chi connectivity index (χ4n) is 0.315. The van der Waals surface area contributed by atoms with Crippen molar-refractivity contribution in [2.45, 2.75) is 0 Å². The van der Waals surface area contributed by atoms with E-state index in [2.05, 4.69) is 0 Å². The van der Waals surface area contributed by atoms with Gasteiger partial charge in [-0.25, -0.2) is 5.17 Å². The number of nitrogens with zero attached hydrogens (tertiary/aromatic N) is 1. The van der Waals surface area contributed by atoms with Crippen LogP contribution in [-0.2, 0) is 0 Å². The summed E-state index contributed by atoms with van der Waals surface area (Å²) < 4.78 is 0. The summed E-state index contributed by atoms with van der Waals surface area (Å²) in [6, 6.07) is 0. The molecule has 0 saturated carbocycles. The largest absolute Gasteiger partial charge is 0.583 e. The number of hydrogen-bond acceptors (Lipinski definition) is 2. The highest BCUT2D eigenvalue weighted by Gasteiger charge is 1.98. The van der Waals surface area contributed by atoms with Gasteiger partial charge >= 0.3 is 0 Å². The maximum absolute atomic E-state index is 10.3. The van der Waals surface area contributed by atoms with Gasteiger partial charge in [0.1, 0.15) is 7.05 Å². The smallest absolute Gasteiger partial charge is 0.111 e. The molecule has 0 fully saturated rings. The normalized spacial score (nSPS) is 18.8. The summed E-state index contributed by atoms with van der Waals surface area (Å²) in [5.74, 6) is 6.97. The van der Waals surface area contributed by atoms with Gasteiger partial charge in [0.2, 0.25) is 0 Å². The van der Waals surface area contributed by atoms with Crippen molar-refractivity contribution in [3.63, 3.8) is 0 Å². The first kappa shape index (κ1) is 7.80. The van der Waals surface area contributed by atoms with Crippen molar-refractivity contribution in [2.24, 2.45) is 0 Å². The van der Waals surface area contributed by atoms with Crippen LogP contribution in [0.1, 0.15) is 0 Å². The van der Waals surface area contributed by atoms with Crippen LogP contribution in [0.4, 0.5) is 0 Å². The molecule has 0 heterocycles. The minimum absolute atomic E-state index is 0.0463. The van der Waals surface area contributed by atoms with Gasteiger partial charge in [0.15, 0.2) is 0 Å². The van der Waals surface area contributed by atoms with Gasteiger partial charge in [-0.3, -0.25) is 0 Å². The van der Waals surface area contributed by atoms with Crippen molar-refractivity contribution in [1.82, 2.24) is 5.01 Å². The Labute approximate surface area is 48.7 Å². The molecule has 3 N–H and O–H groups in total. The Morgan fingerprint density at radius 1 is 1.50 bits per heavy atom. The predicted octanol–water partition coefficient (Wildman–Crippen LogP) is -2.76. The lowest BCUT2D eigenvalue weighted by Crippen LogP contribution is -3.56. The second kappa shape index (κ2) is 2.95. The van der Waals surface area contributed by atoms with Gasteiger partial charge in [0, 0.05) is 14.1 Å². The summed E-state index contributed by atoms with van der Waals surface area (Å²) >= 11 is 0. The fourth-order valence-corrected chi connectivity index (χ4v) is 0.315. The molecule has 0 bridgehead atoms. The van der Waals surface area contributed by atoms with Crippen LogP contribution < -0.4 is 10.4 Å². The molecule has 2 atom stereocenters. The van der Waals surface area contributed by atoms with Crippen LogP contribution in [-0.4, -0.2) is 26.2 Å². The van der Waals surface area contributed by atoms with E-state index in [1.807, 2.05) is 0 Å². The van der Waals surface area contributed by atoms with E-state index in [1.54, 1.807) is 14.1 Å². The van der Waals surface area contributed by atoms with E-state index in [1.165, 1.54) is 12.1 Å². The Hall–Kier alpha value is -0.200. The van der Waals surface area contributed by atoms with Crippen LogP contribution in [0.25, 0.3) is 5.84 Å². The second-order valence-electron chi connectivity index (χ2n) is 1.80. The van der Waals surface area contributed by atoms with Gasteiger partial charge in [-0.05, 0) is 0 Å². The van der Waals surface area contributed by atoms with E-state index in [0.29, 0.717) is 0 Å². The van der Waals surface area contributed by atoms with E-state index in [-0.39, 0.29) is 10.4 Å². The van der Waals surface area contributed by atoms with Gasteiger partial charge in [0.25, 0.3) is 0 Å². The Bertz CT molecular complexity index is 56.3. The van der Waals surface area contributed by atoms with Crippen LogP contribution in [0.2, 0.25) is 0 Å². The van der Waals surface area contributed by atoms with Crippen molar-refractivity contribution in [1.29, 1.82) is 0 Å². The number of hydrogen-bond donors (Lipinski definition) is 2. The summed E-state index contributed by atoms with van der Waals surface area (Å²) in [5, 5.41) is 11.6. The average Bonchev–Trinajstić information content (AvgIpc) is 1.64. The topological polar surface area (TPSA) is 59.0 Å². The molecule has 0 saturated heterocycles. The third kappa shape index (κ3) is 2.20. The molecule has 5 heteroatoms. The number of nitrogens with one attached hydrogen (secondary N) is 3. The molecular weight excluding hydrogens is 108 g/mol. The van der Waals surface area contributed by atoms with Crippen molar-refractivity contribution in [3.05, 3.63) is 11.0 Å². The zero-order valence-electron chi connectivity index (χ0n) is 5.36. The molecule has 0 aliphatic carbocycles. The highest BCUT2D eigenvalue weighted by atomic mass is 16.6. The van der Waals surface area contributed by atoms with Gasteiger partial charge in [-0.2, -0.15) is 5.23 Å². The van der Waals surface area contributed by atoms with Gasteiger partial charge in [-0.15, -0.1) is 5.01 Å². The van der Waals surface area contributed by atoms with Crippen molar-refractivity contribution in [2.75, 3.05) is 21.1 Å². The maximum atomic E-state index is 10.3. The Kier molecular flexibility index (Phi) is 2.88. The molecule has 0 aromatic carbocycles. The van der Waals surface area contributed by atoms with E-state index >= 15 is 0 Å². The third-order valence-electron chi connectivity index (χ3n) is 0.781. The molecular formula is C3H12N4O. The van der Waals surface area contributed by atoms with E-state index < -0.39 is 0 Å². The number of hydroxylamine groups is 1. The lowest BCUT2D eigenvalue weighted by atomic mass is 11.1. The molecule has 0 aliphatic rings. The molecule has 8 heavy (non-hydrogen) atoms. The SMILES string of the molecule is CN(C)[NH+]([NH-])[NH+](C)[O-]. The second-order valence-corrected chi connectivity index (χ2v) is 1.80. The van der Waals surface area contributed by atoms with Gasteiger partial charge < -0.3 is 11.0 Å². The molecule has 5 nitrogen and oxygen atoms in total. The molecule has 0 aromatic rings. The molecule has 0 radical (unpaired) electrons. The fraction of sp³-hybridized carbons (Fsp3) is 1.00. The van der Waals surface area contributed by atoms with Crippen LogP contribution in [0, 0.1) is 5.21 Å². The zero-order chi connectivity index (χ0) is 6.73. The lowest BCUT2D eigenvalue weighted by molar-refractivity contribution is -1.50. The molecule has 2 unspecified atom stereocenters. The highest BCUT2D eigenvalue weighted by Crippen LogP contribution is 1.42. The van der Waals surface area contributed by atoms with Gasteiger partial charge in [-0.1, -0.05) is 0 Å². The maximum Gasteiger partial charge on any atom is 0.111 e.